The van der Waals surface area contributed by atoms with Gasteiger partial charge >= 0.3 is 0 Å². The van der Waals surface area contributed by atoms with Crippen LogP contribution in [0.15, 0.2) is 40.0 Å². The molecule has 2 heterocycles. The number of benzene rings is 1. The van der Waals surface area contributed by atoms with E-state index in [9.17, 15) is 4.79 Å². The summed E-state index contributed by atoms with van der Waals surface area (Å²) in [4.78, 5) is 12.2. The van der Waals surface area contributed by atoms with Gasteiger partial charge in [-0.25, -0.2) is 5.43 Å². The van der Waals surface area contributed by atoms with Crippen LogP contribution >= 0.6 is 11.9 Å². The summed E-state index contributed by atoms with van der Waals surface area (Å²) in [5.74, 6) is -0.0155. The minimum absolute atomic E-state index is 0.0155. The van der Waals surface area contributed by atoms with Gasteiger partial charge in [0.1, 0.15) is 0 Å². The van der Waals surface area contributed by atoms with Crippen molar-refractivity contribution in [3.05, 3.63) is 35.5 Å². The number of fused-ring (bicyclic) bond motifs is 1. The Balaban J connectivity index is 1.91. The molecule has 0 aliphatic carbocycles. The molecule has 2 aliphatic heterocycles. The molecular weight excluding hydrogens is 234 g/mol. The van der Waals surface area contributed by atoms with Gasteiger partial charge < -0.3 is 4.72 Å². The zero-order valence-electron chi connectivity index (χ0n) is 9.06. The fraction of sp³-hybridized carbons (Fsp3) is 0.167. The van der Waals surface area contributed by atoms with Gasteiger partial charge in [-0.3, -0.25) is 4.79 Å². The Morgan fingerprint density at radius 1 is 1.24 bits per heavy atom. The van der Waals surface area contributed by atoms with E-state index in [-0.39, 0.29) is 5.91 Å². The number of hydrazone groups is 1. The van der Waals surface area contributed by atoms with Gasteiger partial charge in [-0.1, -0.05) is 18.2 Å². The second-order valence-electron chi connectivity index (χ2n) is 3.89. The molecule has 0 fully saturated rings. The molecule has 0 aromatic heterocycles. The summed E-state index contributed by atoms with van der Waals surface area (Å²) in [6.07, 6.45) is 3.26. The molecule has 0 saturated heterocycles. The molecule has 5 heteroatoms. The molecule has 0 atom stereocenters. The van der Waals surface area contributed by atoms with Crippen LogP contribution in [0.5, 0.6) is 0 Å². The number of carbonyl (C=O) groups excluding carboxylic acids is 1. The third-order valence-corrected chi connectivity index (χ3v) is 3.62. The van der Waals surface area contributed by atoms with Crippen molar-refractivity contribution in [1.82, 2.24) is 10.1 Å². The van der Waals surface area contributed by atoms with Gasteiger partial charge in [0, 0.05) is 17.7 Å². The van der Waals surface area contributed by atoms with E-state index in [1.807, 2.05) is 12.1 Å². The predicted molar refractivity (Wildman–Crippen MR) is 68.2 cm³/mol. The molecule has 2 aliphatic rings. The lowest BCUT2D eigenvalue weighted by Crippen LogP contribution is -2.29. The molecule has 17 heavy (non-hydrogen) atoms. The van der Waals surface area contributed by atoms with E-state index in [1.165, 1.54) is 10.5 Å². The lowest BCUT2D eigenvalue weighted by Gasteiger charge is -2.20. The first kappa shape index (κ1) is 10.4. The zero-order chi connectivity index (χ0) is 11.7. The van der Waals surface area contributed by atoms with Crippen LogP contribution in [0.2, 0.25) is 0 Å². The fourth-order valence-electron chi connectivity index (χ4n) is 1.80. The van der Waals surface area contributed by atoms with Crippen molar-refractivity contribution in [2.75, 3.05) is 0 Å². The summed E-state index contributed by atoms with van der Waals surface area (Å²) in [6, 6.07) is 8.18. The van der Waals surface area contributed by atoms with Crippen molar-refractivity contribution in [2.45, 2.75) is 17.7 Å². The lowest BCUT2D eigenvalue weighted by molar-refractivity contribution is -0.121. The summed E-state index contributed by atoms with van der Waals surface area (Å²) in [5.41, 5.74) is 5.59. The highest BCUT2D eigenvalue weighted by molar-refractivity contribution is 7.97. The third kappa shape index (κ3) is 2.06. The Hall–Kier alpha value is -1.75. The highest BCUT2D eigenvalue weighted by atomic mass is 32.2. The Bertz CT molecular complexity index is 536. The first-order valence-corrected chi connectivity index (χ1v) is 6.24. The maximum atomic E-state index is 11.0. The number of nitrogens with zero attached hydrogens (tertiary/aromatic N) is 1. The van der Waals surface area contributed by atoms with Crippen LogP contribution < -0.4 is 10.1 Å². The number of nitrogens with one attached hydrogen (secondary N) is 2. The molecule has 1 aromatic carbocycles. The second kappa shape index (κ2) is 4.25. The van der Waals surface area contributed by atoms with Gasteiger partial charge in [-0.05, 0) is 29.7 Å². The maximum absolute atomic E-state index is 11.0. The molecule has 0 bridgehead atoms. The van der Waals surface area contributed by atoms with Crippen LogP contribution in [0.4, 0.5) is 0 Å². The zero-order valence-corrected chi connectivity index (χ0v) is 9.88. The van der Waals surface area contributed by atoms with E-state index in [0.717, 1.165) is 11.4 Å². The molecule has 0 saturated carbocycles. The quantitative estimate of drug-likeness (QED) is 0.743. The monoisotopic (exact) mass is 245 g/mol. The van der Waals surface area contributed by atoms with Gasteiger partial charge in [0.15, 0.2) is 0 Å². The Morgan fingerprint density at radius 2 is 2.12 bits per heavy atom. The number of amides is 1. The van der Waals surface area contributed by atoms with Crippen molar-refractivity contribution < 1.29 is 4.79 Å². The molecule has 86 valence electrons. The predicted octanol–water partition coefficient (Wildman–Crippen LogP) is 1.90. The van der Waals surface area contributed by atoms with E-state index in [0.29, 0.717) is 12.8 Å². The van der Waals surface area contributed by atoms with Crippen LogP contribution in [-0.4, -0.2) is 11.6 Å². The molecule has 0 spiro atoms. The minimum Gasteiger partial charge on any atom is -0.324 e. The van der Waals surface area contributed by atoms with Gasteiger partial charge in [0.25, 0.3) is 0 Å². The molecular formula is C12H11N3OS. The van der Waals surface area contributed by atoms with Crippen molar-refractivity contribution in [3.63, 3.8) is 0 Å². The highest BCUT2D eigenvalue weighted by Gasteiger charge is 2.18. The molecule has 4 nitrogen and oxygen atoms in total. The smallest absolute Gasteiger partial charge is 0.240 e. The average molecular weight is 245 g/mol. The molecule has 2 N–H and O–H groups in total. The number of allylic oxidation sites excluding steroid dienone is 1. The fourth-order valence-corrected chi connectivity index (χ4v) is 2.59. The van der Waals surface area contributed by atoms with Crippen LogP contribution in [0.1, 0.15) is 18.4 Å². The van der Waals surface area contributed by atoms with Gasteiger partial charge in [-0.2, -0.15) is 5.10 Å². The number of hydrogen-bond acceptors (Lipinski definition) is 4. The minimum atomic E-state index is -0.0155. The van der Waals surface area contributed by atoms with Crippen molar-refractivity contribution in [1.29, 1.82) is 0 Å². The molecule has 1 aromatic rings. The molecule has 1 amide bonds. The highest BCUT2D eigenvalue weighted by Crippen LogP contribution is 2.28. The number of carbonyl (C=O) groups is 1. The van der Waals surface area contributed by atoms with Crippen LogP contribution in [0, 0.1) is 0 Å². The van der Waals surface area contributed by atoms with E-state index < -0.39 is 0 Å². The van der Waals surface area contributed by atoms with E-state index >= 15 is 0 Å². The second-order valence-corrected chi connectivity index (χ2v) is 4.74. The van der Waals surface area contributed by atoms with Crippen LogP contribution in [0.3, 0.4) is 0 Å². The number of rotatable bonds is 1. The van der Waals surface area contributed by atoms with E-state index in [2.05, 4.69) is 33.5 Å². The van der Waals surface area contributed by atoms with Crippen LogP contribution in [0.25, 0.3) is 6.08 Å². The molecule has 0 unspecified atom stereocenters. The molecule has 3 rings (SSSR count). The maximum Gasteiger partial charge on any atom is 0.240 e. The average Bonchev–Trinajstić information content (AvgIpc) is 2.39. The first-order chi connectivity index (χ1) is 8.33. The van der Waals surface area contributed by atoms with Crippen molar-refractivity contribution >= 4 is 29.6 Å². The largest absolute Gasteiger partial charge is 0.324 e. The number of hydrogen-bond donors (Lipinski definition) is 2. The summed E-state index contributed by atoms with van der Waals surface area (Å²) in [5, 5.41) is 4.08. The SMILES string of the molecule is O=C1CCC(C2=Cc3ccccc3SN2)=NN1. The first-order valence-electron chi connectivity index (χ1n) is 5.42. The van der Waals surface area contributed by atoms with Crippen LogP contribution in [-0.2, 0) is 4.79 Å². The normalized spacial score (nSPS) is 18.5. The summed E-state index contributed by atoms with van der Waals surface area (Å²) in [7, 11) is 0. The lowest BCUT2D eigenvalue weighted by atomic mass is 10.1. The Labute approximate surface area is 103 Å². The van der Waals surface area contributed by atoms with E-state index in [1.54, 1.807) is 11.9 Å². The summed E-state index contributed by atoms with van der Waals surface area (Å²) >= 11 is 1.58. The van der Waals surface area contributed by atoms with Gasteiger partial charge in [0.05, 0.1) is 11.4 Å². The van der Waals surface area contributed by atoms with Crippen molar-refractivity contribution in [2.24, 2.45) is 5.10 Å². The van der Waals surface area contributed by atoms with Crippen molar-refractivity contribution in [3.8, 4) is 0 Å². The summed E-state index contributed by atoms with van der Waals surface area (Å²) in [6.45, 7) is 0. The Morgan fingerprint density at radius 3 is 2.94 bits per heavy atom. The summed E-state index contributed by atoms with van der Waals surface area (Å²) < 4.78 is 3.26. The Kier molecular flexibility index (Phi) is 2.60. The molecule has 0 radical (unpaired) electrons. The van der Waals surface area contributed by atoms with E-state index in [4.69, 9.17) is 0 Å². The van der Waals surface area contributed by atoms with Gasteiger partial charge in [-0.15, -0.1) is 0 Å². The standard InChI is InChI=1S/C12H11N3OS/c16-12-6-5-9(13-14-12)10-7-8-3-1-2-4-11(8)17-15-10/h1-4,7,15H,5-6H2,(H,14,16). The third-order valence-electron chi connectivity index (χ3n) is 2.71. The van der Waals surface area contributed by atoms with Gasteiger partial charge in [0.2, 0.25) is 5.91 Å². The topological polar surface area (TPSA) is 53.5 Å².